The zero-order valence-electron chi connectivity index (χ0n) is 7.14. The average molecular weight is 263 g/mol. The fraction of sp³-hybridized carbons (Fsp3) is 1.00. The van der Waals surface area contributed by atoms with Crippen molar-refractivity contribution in [2.75, 3.05) is 0 Å². The quantitative estimate of drug-likeness (QED) is 0.305. The predicted molar refractivity (Wildman–Crippen MR) is 45.5 cm³/mol. The van der Waals surface area contributed by atoms with E-state index in [2.05, 4.69) is 16.7 Å². The number of rotatable bonds is 7. The van der Waals surface area contributed by atoms with Crippen LogP contribution in [-0.2, 0) is 9.78 Å². The van der Waals surface area contributed by atoms with Crippen LogP contribution in [0.15, 0.2) is 0 Å². The minimum atomic E-state index is 0.0273. The van der Waals surface area contributed by atoms with E-state index in [0.29, 0.717) is 0 Å². The Balaban J connectivity index is 1.66. The van der Waals surface area contributed by atoms with Gasteiger partial charge in [0.2, 0.25) is 0 Å². The molecule has 3 heteroatoms. The Kier molecular flexibility index (Phi) is 5.58. The molecule has 1 aliphatic rings. The van der Waals surface area contributed by atoms with E-state index in [4.69, 9.17) is 0 Å². The molecule has 0 N–H and O–H groups in total. The van der Waals surface area contributed by atoms with E-state index in [9.17, 15) is 0 Å². The Labute approximate surface area is 78.8 Å². The Bertz CT molecular complexity index is 94.1. The summed E-state index contributed by atoms with van der Waals surface area (Å²) in [4.78, 5) is 9.31. The van der Waals surface area contributed by atoms with Crippen LogP contribution in [0.3, 0.4) is 0 Å². The molecule has 2 radical (unpaired) electrons. The van der Waals surface area contributed by atoms with Crippen LogP contribution in [0.2, 0.25) is 8.87 Å². The van der Waals surface area contributed by atoms with Gasteiger partial charge < -0.3 is 0 Å². The van der Waals surface area contributed by atoms with Crippen LogP contribution in [0.4, 0.5) is 0 Å². The molecule has 0 aromatic carbocycles. The van der Waals surface area contributed by atoms with Crippen molar-refractivity contribution in [3.8, 4) is 0 Å². The van der Waals surface area contributed by atoms with Crippen molar-refractivity contribution in [3.63, 3.8) is 0 Å². The number of unbranched alkanes of at least 4 members (excludes halogenated alkanes) is 1. The summed E-state index contributed by atoms with van der Waals surface area (Å²) >= 11 is 0.0273. The predicted octanol–water partition coefficient (Wildman–Crippen LogP) is 2.40. The van der Waals surface area contributed by atoms with Crippen molar-refractivity contribution < 1.29 is 9.78 Å². The molecule has 0 spiro atoms. The van der Waals surface area contributed by atoms with Gasteiger partial charge in [0.05, 0.1) is 0 Å². The summed E-state index contributed by atoms with van der Waals surface area (Å²) in [7, 11) is 0. The summed E-state index contributed by atoms with van der Waals surface area (Å²) in [5.41, 5.74) is 0. The first-order valence-electron chi connectivity index (χ1n) is 4.46. The van der Waals surface area contributed by atoms with Gasteiger partial charge in [-0.15, -0.1) is 0 Å². The van der Waals surface area contributed by atoms with Gasteiger partial charge >= 0.3 is 78.7 Å². The van der Waals surface area contributed by atoms with Gasteiger partial charge in [-0.1, -0.05) is 0 Å². The summed E-state index contributed by atoms with van der Waals surface area (Å²) in [6, 6.07) is 0. The normalized spacial score (nSPS) is 17.2. The fourth-order valence-electron chi connectivity index (χ4n) is 0.956. The molecular formula is C8H16O2Sn. The van der Waals surface area contributed by atoms with Crippen LogP contribution >= 0.6 is 0 Å². The number of hydrogen-bond donors (Lipinski definition) is 0. The molecule has 11 heavy (non-hydrogen) atoms. The molecule has 2 nitrogen and oxygen atoms in total. The molecule has 1 saturated heterocycles. The van der Waals surface area contributed by atoms with Crippen molar-refractivity contribution in [2.24, 2.45) is 0 Å². The summed E-state index contributed by atoms with van der Waals surface area (Å²) in [5.74, 6) is 0. The zero-order valence-corrected chi connectivity index (χ0v) is 9.99. The second-order valence-corrected chi connectivity index (χ2v) is 7.15. The maximum atomic E-state index is 4.66. The van der Waals surface area contributed by atoms with Gasteiger partial charge in [-0.05, 0) is 0 Å². The van der Waals surface area contributed by atoms with Crippen LogP contribution in [0.25, 0.3) is 0 Å². The van der Waals surface area contributed by atoms with E-state index in [1.165, 1.54) is 23.7 Å². The maximum absolute atomic E-state index is 4.66. The summed E-state index contributed by atoms with van der Waals surface area (Å²) in [6.07, 6.45) is 5.48. The van der Waals surface area contributed by atoms with Crippen molar-refractivity contribution >= 4 is 21.1 Å². The molecule has 1 heterocycles. The SMILES string of the molecule is CCC[CH2][Sn][CH2]CCC1OO1. The van der Waals surface area contributed by atoms with Gasteiger partial charge in [0.25, 0.3) is 0 Å². The van der Waals surface area contributed by atoms with E-state index in [1.54, 1.807) is 4.44 Å². The van der Waals surface area contributed by atoms with Crippen molar-refractivity contribution in [1.82, 2.24) is 0 Å². The average Bonchev–Trinajstić information content (AvgIpc) is 2.80. The van der Waals surface area contributed by atoms with Gasteiger partial charge in [-0.3, -0.25) is 0 Å². The zero-order chi connectivity index (χ0) is 7.94. The van der Waals surface area contributed by atoms with Crippen LogP contribution in [0.1, 0.15) is 32.6 Å². The summed E-state index contributed by atoms with van der Waals surface area (Å²) in [6.45, 7) is 2.27. The molecule has 0 aromatic rings. The van der Waals surface area contributed by atoms with Gasteiger partial charge in [-0.25, -0.2) is 0 Å². The van der Waals surface area contributed by atoms with Crippen molar-refractivity contribution in [2.45, 2.75) is 47.8 Å². The second-order valence-electron chi connectivity index (χ2n) is 2.87. The standard InChI is InChI=1S/C4H7O2.C4H9.Sn/c1-2-3-4-5-6-4;1-3-4-2;/h4H,1-3H2;1,3-4H2,2H3;. The number of hydrogen-bond acceptors (Lipinski definition) is 2. The van der Waals surface area contributed by atoms with Gasteiger partial charge in [0, 0.05) is 0 Å². The Hall–Kier alpha value is 0.719. The molecular weight excluding hydrogens is 247 g/mol. The molecule has 0 bridgehead atoms. The fourth-order valence-corrected chi connectivity index (χ4v) is 4.69. The minimum absolute atomic E-state index is 0.0273. The second kappa shape index (κ2) is 6.26. The van der Waals surface area contributed by atoms with Gasteiger partial charge in [-0.2, -0.15) is 0 Å². The monoisotopic (exact) mass is 264 g/mol. The first-order chi connectivity index (χ1) is 5.43. The van der Waals surface area contributed by atoms with Crippen molar-refractivity contribution in [1.29, 1.82) is 0 Å². The first-order valence-corrected chi connectivity index (χ1v) is 8.50. The van der Waals surface area contributed by atoms with Crippen LogP contribution < -0.4 is 0 Å². The molecule has 1 rings (SSSR count). The molecule has 1 fully saturated rings. The summed E-state index contributed by atoms with van der Waals surface area (Å²) in [5, 5.41) is 0. The Morgan fingerprint density at radius 2 is 1.91 bits per heavy atom. The van der Waals surface area contributed by atoms with Crippen molar-refractivity contribution in [3.05, 3.63) is 0 Å². The van der Waals surface area contributed by atoms with Crippen LogP contribution in [0.5, 0.6) is 0 Å². The van der Waals surface area contributed by atoms with Gasteiger partial charge in [0.1, 0.15) is 0 Å². The van der Waals surface area contributed by atoms with E-state index in [0.717, 1.165) is 6.42 Å². The molecule has 1 aliphatic heterocycles. The van der Waals surface area contributed by atoms with E-state index in [-0.39, 0.29) is 27.4 Å². The third kappa shape index (κ3) is 5.93. The van der Waals surface area contributed by atoms with Crippen LogP contribution in [-0.4, -0.2) is 27.4 Å². The topological polar surface area (TPSA) is 25.1 Å². The Morgan fingerprint density at radius 1 is 1.18 bits per heavy atom. The van der Waals surface area contributed by atoms with E-state index < -0.39 is 0 Å². The van der Waals surface area contributed by atoms with Gasteiger partial charge in [0.15, 0.2) is 0 Å². The first kappa shape index (κ1) is 9.80. The van der Waals surface area contributed by atoms with E-state index in [1.807, 2.05) is 0 Å². The van der Waals surface area contributed by atoms with Crippen LogP contribution in [0, 0.1) is 0 Å². The Morgan fingerprint density at radius 3 is 2.55 bits per heavy atom. The molecule has 0 saturated carbocycles. The van der Waals surface area contributed by atoms with E-state index >= 15 is 0 Å². The molecule has 0 aromatic heterocycles. The molecule has 64 valence electrons. The summed E-state index contributed by atoms with van der Waals surface area (Å²) < 4.78 is 3.07. The molecule has 0 aliphatic carbocycles. The third-order valence-electron chi connectivity index (χ3n) is 1.73. The molecule has 0 amide bonds. The molecule has 0 unspecified atom stereocenters. The molecule has 0 atom stereocenters. The third-order valence-corrected chi connectivity index (χ3v) is 5.77.